The van der Waals surface area contributed by atoms with E-state index >= 15 is 0 Å². The van der Waals surface area contributed by atoms with Crippen LogP contribution in [0.2, 0.25) is 0 Å². The molecule has 0 spiro atoms. The average Bonchev–Trinajstić information content (AvgIpc) is 3.80. The molecule has 0 saturated heterocycles. The van der Waals surface area contributed by atoms with E-state index in [1.54, 1.807) is 0 Å². The molecule has 0 aliphatic rings. The second kappa shape index (κ2) is 11.9. The van der Waals surface area contributed by atoms with E-state index in [1.807, 2.05) is 11.3 Å². The topological polar surface area (TPSA) is 16.4 Å². The van der Waals surface area contributed by atoms with Crippen molar-refractivity contribution in [3.8, 4) is 22.3 Å². The molecule has 2 heterocycles. The SMILES string of the molecule is c1cc(-c2cccc3ccccc23)cc(N(c2cccc(-c3cccc4c3sc3ccccc34)c2)c2cccc3oc4c5ccccc5ccc4c23)c1. The van der Waals surface area contributed by atoms with Crippen molar-refractivity contribution in [3.05, 3.63) is 188 Å². The highest BCUT2D eigenvalue weighted by molar-refractivity contribution is 7.26. The van der Waals surface area contributed by atoms with E-state index in [0.717, 1.165) is 44.4 Å². The molecule has 0 fully saturated rings. The first-order valence-electron chi connectivity index (χ1n) is 18.0. The summed E-state index contributed by atoms with van der Waals surface area (Å²) in [5.74, 6) is 0. The molecule has 0 N–H and O–H groups in total. The molecule has 0 radical (unpaired) electrons. The van der Waals surface area contributed by atoms with Crippen LogP contribution >= 0.6 is 11.3 Å². The molecule has 248 valence electrons. The summed E-state index contributed by atoms with van der Waals surface area (Å²) in [4.78, 5) is 2.41. The summed E-state index contributed by atoms with van der Waals surface area (Å²) in [5, 5.41) is 9.58. The molecule has 11 rings (SSSR count). The number of nitrogens with zero attached hydrogens (tertiary/aromatic N) is 1. The van der Waals surface area contributed by atoms with Crippen molar-refractivity contribution in [3.63, 3.8) is 0 Å². The second-order valence-electron chi connectivity index (χ2n) is 13.7. The number of hydrogen-bond donors (Lipinski definition) is 0. The zero-order valence-electron chi connectivity index (χ0n) is 28.7. The number of hydrogen-bond acceptors (Lipinski definition) is 3. The minimum absolute atomic E-state index is 0.871. The van der Waals surface area contributed by atoms with Crippen LogP contribution in [0.3, 0.4) is 0 Å². The highest BCUT2D eigenvalue weighted by Crippen LogP contribution is 2.47. The summed E-state index contributed by atoms with van der Waals surface area (Å²) < 4.78 is 9.33. The predicted octanol–water partition coefficient (Wildman–Crippen LogP) is 15.1. The van der Waals surface area contributed by atoms with Crippen molar-refractivity contribution in [1.29, 1.82) is 0 Å². The van der Waals surface area contributed by atoms with E-state index in [2.05, 4.69) is 193 Å². The first-order valence-corrected chi connectivity index (χ1v) is 18.8. The fourth-order valence-corrected chi connectivity index (χ4v) is 9.46. The zero-order chi connectivity index (χ0) is 34.9. The van der Waals surface area contributed by atoms with E-state index in [9.17, 15) is 0 Å². The Kier molecular flexibility index (Phi) is 6.76. The monoisotopic (exact) mass is 693 g/mol. The Morgan fingerprint density at radius 3 is 1.85 bits per heavy atom. The summed E-state index contributed by atoms with van der Waals surface area (Å²) >= 11 is 1.87. The fraction of sp³-hybridized carbons (Fsp3) is 0. The Labute approximate surface area is 310 Å². The third kappa shape index (κ3) is 4.78. The van der Waals surface area contributed by atoms with Crippen molar-refractivity contribution < 1.29 is 4.42 Å². The van der Waals surface area contributed by atoms with Crippen LogP contribution in [0.15, 0.2) is 192 Å². The summed E-state index contributed by atoms with van der Waals surface area (Å²) in [7, 11) is 0. The van der Waals surface area contributed by atoms with Gasteiger partial charge in [-0.3, -0.25) is 0 Å². The standard InChI is InChI=1S/C50H31NOS/c1-3-19-38-32(12-1)14-9-22-39(38)34-15-7-17-36(30-34)51(45-25-11-26-46-48(45)44-29-28-33-13-2-4-20-40(33)49(44)52-46)37-18-8-16-35(31-37)41-23-10-24-43-42-21-5-6-27-47(42)53-50(41)43/h1-31H. The maximum atomic E-state index is 6.71. The van der Waals surface area contributed by atoms with Gasteiger partial charge in [-0.25, -0.2) is 0 Å². The third-order valence-corrected chi connectivity index (χ3v) is 11.9. The van der Waals surface area contributed by atoms with Gasteiger partial charge in [0.15, 0.2) is 0 Å². The van der Waals surface area contributed by atoms with E-state index in [1.165, 1.54) is 58.6 Å². The number of furan rings is 1. The van der Waals surface area contributed by atoms with Crippen molar-refractivity contribution in [2.24, 2.45) is 0 Å². The van der Waals surface area contributed by atoms with Crippen LogP contribution in [0.1, 0.15) is 0 Å². The van der Waals surface area contributed by atoms with Gasteiger partial charge in [0.25, 0.3) is 0 Å². The van der Waals surface area contributed by atoms with Crippen LogP contribution in [0.5, 0.6) is 0 Å². The van der Waals surface area contributed by atoms with Gasteiger partial charge in [0.1, 0.15) is 11.2 Å². The lowest BCUT2D eigenvalue weighted by atomic mass is 9.97. The first-order chi connectivity index (χ1) is 26.3. The van der Waals surface area contributed by atoms with Crippen LogP contribution < -0.4 is 4.90 Å². The molecule has 9 aromatic carbocycles. The van der Waals surface area contributed by atoms with Gasteiger partial charge >= 0.3 is 0 Å². The zero-order valence-corrected chi connectivity index (χ0v) is 29.5. The molecule has 2 aromatic heterocycles. The molecule has 0 unspecified atom stereocenters. The number of fused-ring (bicyclic) bond motifs is 9. The van der Waals surface area contributed by atoms with Gasteiger partial charge < -0.3 is 9.32 Å². The molecular weight excluding hydrogens is 663 g/mol. The lowest BCUT2D eigenvalue weighted by Gasteiger charge is -2.27. The smallest absolute Gasteiger partial charge is 0.143 e. The van der Waals surface area contributed by atoms with E-state index in [4.69, 9.17) is 4.42 Å². The molecule has 0 aliphatic heterocycles. The normalized spacial score (nSPS) is 11.8. The quantitative estimate of drug-likeness (QED) is 0.178. The van der Waals surface area contributed by atoms with Gasteiger partial charge in [-0.1, -0.05) is 140 Å². The number of rotatable bonds is 5. The van der Waals surface area contributed by atoms with E-state index in [-0.39, 0.29) is 0 Å². The number of anilines is 3. The lowest BCUT2D eigenvalue weighted by Crippen LogP contribution is -2.10. The second-order valence-corrected chi connectivity index (χ2v) is 14.7. The Morgan fingerprint density at radius 1 is 0.415 bits per heavy atom. The first kappa shape index (κ1) is 30.0. The van der Waals surface area contributed by atoms with Crippen LogP contribution in [0.4, 0.5) is 17.1 Å². The fourth-order valence-electron chi connectivity index (χ4n) is 8.23. The van der Waals surface area contributed by atoms with Crippen molar-refractivity contribution in [2.45, 2.75) is 0 Å². The minimum atomic E-state index is 0.871. The molecule has 0 amide bonds. The van der Waals surface area contributed by atoms with Crippen LogP contribution in [-0.4, -0.2) is 0 Å². The maximum Gasteiger partial charge on any atom is 0.143 e. The van der Waals surface area contributed by atoms with Gasteiger partial charge in [0, 0.05) is 42.3 Å². The molecule has 53 heavy (non-hydrogen) atoms. The van der Waals surface area contributed by atoms with Gasteiger partial charge in [-0.05, 0) is 86.9 Å². The van der Waals surface area contributed by atoms with E-state index < -0.39 is 0 Å². The van der Waals surface area contributed by atoms with Crippen LogP contribution in [0, 0.1) is 0 Å². The minimum Gasteiger partial charge on any atom is -0.455 e. The van der Waals surface area contributed by atoms with E-state index in [0.29, 0.717) is 0 Å². The molecule has 3 heteroatoms. The third-order valence-electron chi connectivity index (χ3n) is 10.6. The van der Waals surface area contributed by atoms with Gasteiger partial charge in [-0.2, -0.15) is 0 Å². The summed E-state index contributed by atoms with van der Waals surface area (Å²) in [6.07, 6.45) is 0. The molecule has 11 aromatic rings. The average molecular weight is 694 g/mol. The van der Waals surface area contributed by atoms with Gasteiger partial charge in [0.05, 0.1) is 11.1 Å². The van der Waals surface area contributed by atoms with Crippen molar-refractivity contribution >= 4 is 92.1 Å². The maximum absolute atomic E-state index is 6.71. The lowest BCUT2D eigenvalue weighted by molar-refractivity contribution is 0.672. The van der Waals surface area contributed by atoms with Crippen molar-refractivity contribution in [1.82, 2.24) is 0 Å². The Balaban J connectivity index is 1.16. The molecular formula is C50H31NOS. The molecule has 0 bridgehead atoms. The Morgan fingerprint density at radius 2 is 1.02 bits per heavy atom. The van der Waals surface area contributed by atoms with Crippen molar-refractivity contribution in [2.75, 3.05) is 4.90 Å². The molecule has 2 nitrogen and oxygen atoms in total. The van der Waals surface area contributed by atoms with Crippen LogP contribution in [0.25, 0.3) is 85.9 Å². The van der Waals surface area contributed by atoms with Gasteiger partial charge in [-0.15, -0.1) is 11.3 Å². The van der Waals surface area contributed by atoms with Crippen LogP contribution in [-0.2, 0) is 0 Å². The highest BCUT2D eigenvalue weighted by atomic mass is 32.1. The highest BCUT2D eigenvalue weighted by Gasteiger charge is 2.22. The summed E-state index contributed by atoms with van der Waals surface area (Å²) in [5.41, 5.74) is 9.84. The summed E-state index contributed by atoms with van der Waals surface area (Å²) in [6.45, 7) is 0. The Bertz CT molecular complexity index is 3200. The molecule has 0 atom stereocenters. The molecule has 0 saturated carbocycles. The molecule has 0 aliphatic carbocycles. The Hall–Kier alpha value is -6.68. The predicted molar refractivity (Wildman–Crippen MR) is 227 cm³/mol. The number of thiophene rings is 1. The summed E-state index contributed by atoms with van der Waals surface area (Å²) in [6, 6.07) is 68.0. The number of benzene rings is 9. The van der Waals surface area contributed by atoms with Gasteiger partial charge in [0.2, 0.25) is 0 Å². The largest absolute Gasteiger partial charge is 0.455 e.